The molecule has 0 radical (unpaired) electrons. The molecule has 5 rings (SSSR count). The maximum Gasteiger partial charge on any atom is 0.170 e. The molecule has 0 amide bonds. The topological polar surface area (TPSA) is 49.2 Å². The van der Waals surface area contributed by atoms with Crippen molar-refractivity contribution < 1.29 is 0 Å². The highest BCUT2D eigenvalue weighted by atomic mass is 32.1. The Morgan fingerprint density at radius 3 is 2.37 bits per heavy atom. The van der Waals surface area contributed by atoms with Crippen LogP contribution in [0.5, 0.6) is 0 Å². The molecule has 2 atom stereocenters. The number of anilines is 1. The van der Waals surface area contributed by atoms with Gasteiger partial charge in [0.25, 0.3) is 0 Å². The Hall–Kier alpha value is -3.71. The summed E-state index contributed by atoms with van der Waals surface area (Å²) in [4.78, 5) is 13.3. The van der Waals surface area contributed by atoms with E-state index in [0.29, 0.717) is 6.54 Å². The van der Waals surface area contributed by atoms with Crippen LogP contribution in [0, 0.1) is 13.8 Å². The Morgan fingerprint density at radius 2 is 1.71 bits per heavy atom. The SMILES string of the molecule is Cc1cc(C2C(c3ccccn3)NC(=S)N2Cc2ccncc2)c(C)n1-c1ccc(N(C)C)cc1. The summed E-state index contributed by atoms with van der Waals surface area (Å²) in [5, 5.41) is 4.31. The van der Waals surface area contributed by atoms with E-state index in [4.69, 9.17) is 12.2 Å². The third-order valence-corrected chi connectivity index (χ3v) is 7.07. The first-order chi connectivity index (χ1) is 16.9. The second kappa shape index (κ2) is 9.50. The first-order valence-corrected chi connectivity index (χ1v) is 12.2. The monoisotopic (exact) mass is 482 g/mol. The van der Waals surface area contributed by atoms with Crippen LogP contribution < -0.4 is 10.2 Å². The van der Waals surface area contributed by atoms with Crippen LogP contribution in [0.2, 0.25) is 0 Å². The molecule has 35 heavy (non-hydrogen) atoms. The van der Waals surface area contributed by atoms with E-state index in [1.807, 2.05) is 42.9 Å². The summed E-state index contributed by atoms with van der Waals surface area (Å²) in [5.74, 6) is 0. The number of nitrogens with one attached hydrogen (secondary N) is 1. The molecule has 1 aliphatic rings. The van der Waals surface area contributed by atoms with Gasteiger partial charge in [0, 0.05) is 62.0 Å². The standard InChI is InChI=1S/C28H30N6S/c1-19-17-24(20(2)34(19)23-10-8-22(9-11-23)32(3)4)27-26(25-7-5-6-14-30-25)31-28(35)33(27)18-21-12-15-29-16-13-21/h5-17,26-27H,18H2,1-4H3,(H,31,35). The van der Waals surface area contributed by atoms with Gasteiger partial charge in [0.15, 0.2) is 5.11 Å². The van der Waals surface area contributed by atoms with Crippen molar-refractivity contribution in [2.24, 2.45) is 0 Å². The summed E-state index contributed by atoms with van der Waals surface area (Å²) in [6.07, 6.45) is 5.50. The number of benzene rings is 1. The van der Waals surface area contributed by atoms with Crippen molar-refractivity contribution in [2.45, 2.75) is 32.5 Å². The van der Waals surface area contributed by atoms with E-state index in [1.54, 1.807) is 0 Å². The summed E-state index contributed by atoms with van der Waals surface area (Å²) in [6.45, 7) is 5.06. The van der Waals surface area contributed by atoms with Gasteiger partial charge in [0.05, 0.1) is 17.8 Å². The molecule has 178 valence electrons. The van der Waals surface area contributed by atoms with Gasteiger partial charge < -0.3 is 19.7 Å². The number of nitrogens with zero attached hydrogens (tertiary/aromatic N) is 5. The van der Waals surface area contributed by atoms with E-state index < -0.39 is 0 Å². The van der Waals surface area contributed by atoms with Gasteiger partial charge in [-0.05, 0) is 91.8 Å². The number of hydrogen-bond acceptors (Lipinski definition) is 4. The van der Waals surface area contributed by atoms with E-state index in [0.717, 1.165) is 16.5 Å². The molecule has 4 heterocycles. The smallest absolute Gasteiger partial charge is 0.170 e. The third kappa shape index (κ3) is 4.39. The lowest BCUT2D eigenvalue weighted by Gasteiger charge is -2.28. The summed E-state index contributed by atoms with van der Waals surface area (Å²) in [5.41, 5.74) is 8.13. The van der Waals surface area contributed by atoms with E-state index in [-0.39, 0.29) is 12.1 Å². The van der Waals surface area contributed by atoms with E-state index in [1.165, 1.54) is 28.2 Å². The van der Waals surface area contributed by atoms with Crippen molar-refractivity contribution in [3.05, 3.63) is 107 Å². The van der Waals surface area contributed by atoms with Crippen LogP contribution in [-0.4, -0.2) is 38.6 Å². The molecule has 3 aromatic heterocycles. The molecule has 1 aromatic carbocycles. The Balaban J connectivity index is 1.59. The molecular weight excluding hydrogens is 452 g/mol. The summed E-state index contributed by atoms with van der Waals surface area (Å²) in [6, 6.07) is 21.1. The van der Waals surface area contributed by atoms with Crippen LogP contribution in [-0.2, 0) is 6.54 Å². The highest BCUT2D eigenvalue weighted by Gasteiger charge is 2.41. The Kier molecular flexibility index (Phi) is 6.26. The Bertz CT molecular complexity index is 1320. The highest BCUT2D eigenvalue weighted by Crippen LogP contribution is 2.42. The minimum absolute atomic E-state index is 0.00608. The van der Waals surface area contributed by atoms with Crippen molar-refractivity contribution in [2.75, 3.05) is 19.0 Å². The summed E-state index contributed by atoms with van der Waals surface area (Å²) < 4.78 is 2.33. The van der Waals surface area contributed by atoms with Crippen LogP contribution in [0.4, 0.5) is 5.69 Å². The van der Waals surface area contributed by atoms with Crippen molar-refractivity contribution in [1.82, 2.24) is 24.8 Å². The number of hydrogen-bond donors (Lipinski definition) is 1. The van der Waals surface area contributed by atoms with Gasteiger partial charge in [-0.25, -0.2) is 0 Å². The average Bonchev–Trinajstić information content (AvgIpc) is 3.35. The van der Waals surface area contributed by atoms with Gasteiger partial charge in [-0.15, -0.1) is 0 Å². The highest BCUT2D eigenvalue weighted by molar-refractivity contribution is 7.80. The van der Waals surface area contributed by atoms with Gasteiger partial charge in [0.2, 0.25) is 0 Å². The van der Waals surface area contributed by atoms with Crippen LogP contribution >= 0.6 is 12.2 Å². The normalized spacial score (nSPS) is 17.5. The summed E-state index contributed by atoms with van der Waals surface area (Å²) >= 11 is 5.87. The second-order valence-electron chi connectivity index (χ2n) is 9.18. The van der Waals surface area contributed by atoms with Gasteiger partial charge >= 0.3 is 0 Å². The van der Waals surface area contributed by atoms with Gasteiger partial charge in [-0.3, -0.25) is 9.97 Å². The fraction of sp³-hybridized carbons (Fsp3) is 0.250. The summed E-state index contributed by atoms with van der Waals surface area (Å²) in [7, 11) is 4.12. The van der Waals surface area contributed by atoms with Gasteiger partial charge in [0.1, 0.15) is 0 Å². The Labute approximate surface area is 212 Å². The lowest BCUT2D eigenvalue weighted by Crippen LogP contribution is -2.29. The number of rotatable bonds is 6. The van der Waals surface area contributed by atoms with Gasteiger partial charge in [-0.2, -0.15) is 0 Å². The zero-order chi connectivity index (χ0) is 24.5. The quantitative estimate of drug-likeness (QED) is 0.385. The lowest BCUT2D eigenvalue weighted by molar-refractivity contribution is 0.310. The van der Waals surface area contributed by atoms with Gasteiger partial charge in [-0.1, -0.05) is 6.07 Å². The van der Waals surface area contributed by atoms with Crippen LogP contribution in [0.15, 0.2) is 79.3 Å². The van der Waals surface area contributed by atoms with E-state index in [9.17, 15) is 0 Å². The molecule has 4 aromatic rings. The first kappa shape index (κ1) is 23.1. The number of pyridine rings is 2. The number of thiocarbonyl (C=S) groups is 1. The van der Waals surface area contributed by atoms with Crippen molar-refractivity contribution in [3.8, 4) is 5.69 Å². The molecule has 1 N–H and O–H groups in total. The van der Waals surface area contributed by atoms with Crippen molar-refractivity contribution >= 4 is 23.0 Å². The Morgan fingerprint density at radius 1 is 0.971 bits per heavy atom. The molecule has 2 unspecified atom stereocenters. The molecule has 6 nitrogen and oxygen atoms in total. The average molecular weight is 483 g/mol. The largest absolute Gasteiger partial charge is 0.378 e. The molecule has 1 aliphatic heterocycles. The zero-order valence-electron chi connectivity index (χ0n) is 20.5. The predicted octanol–water partition coefficient (Wildman–Crippen LogP) is 5.12. The minimum atomic E-state index is -0.0457. The molecule has 0 bridgehead atoms. The van der Waals surface area contributed by atoms with E-state index >= 15 is 0 Å². The fourth-order valence-electron chi connectivity index (χ4n) is 4.98. The molecule has 1 fully saturated rings. The molecule has 7 heteroatoms. The number of aryl methyl sites for hydroxylation is 1. The van der Waals surface area contributed by atoms with Crippen LogP contribution in [0.1, 0.15) is 40.3 Å². The van der Waals surface area contributed by atoms with Crippen LogP contribution in [0.25, 0.3) is 5.69 Å². The minimum Gasteiger partial charge on any atom is -0.378 e. The maximum absolute atomic E-state index is 5.87. The zero-order valence-corrected chi connectivity index (χ0v) is 21.3. The van der Waals surface area contributed by atoms with Crippen molar-refractivity contribution in [3.63, 3.8) is 0 Å². The molecule has 0 spiro atoms. The molecule has 0 aliphatic carbocycles. The lowest BCUT2D eigenvalue weighted by atomic mass is 9.96. The predicted molar refractivity (Wildman–Crippen MR) is 145 cm³/mol. The maximum atomic E-state index is 5.87. The first-order valence-electron chi connectivity index (χ1n) is 11.8. The van der Waals surface area contributed by atoms with Crippen LogP contribution in [0.3, 0.4) is 0 Å². The van der Waals surface area contributed by atoms with E-state index in [2.05, 4.69) is 94.0 Å². The second-order valence-corrected chi connectivity index (χ2v) is 9.57. The number of aromatic nitrogens is 3. The van der Waals surface area contributed by atoms with Crippen molar-refractivity contribution in [1.29, 1.82) is 0 Å². The fourth-order valence-corrected chi connectivity index (χ4v) is 5.29. The molecular formula is C28H30N6S. The third-order valence-electron chi connectivity index (χ3n) is 6.71. The molecule has 0 saturated carbocycles. The molecule has 1 saturated heterocycles.